The molecule has 0 aliphatic carbocycles. The molecule has 8 nitrogen and oxygen atoms in total. The first kappa shape index (κ1) is 18.5. The highest BCUT2D eigenvalue weighted by molar-refractivity contribution is 8.00. The summed E-state index contributed by atoms with van der Waals surface area (Å²) in [5.41, 5.74) is 0.441. The summed E-state index contributed by atoms with van der Waals surface area (Å²) in [6.07, 6.45) is 2.34. The number of hydrogen-bond donors (Lipinski definition) is 1. The lowest BCUT2D eigenvalue weighted by Gasteiger charge is -2.17. The van der Waals surface area contributed by atoms with Gasteiger partial charge in [0.1, 0.15) is 33.3 Å². The predicted molar refractivity (Wildman–Crippen MR) is 109 cm³/mol. The van der Waals surface area contributed by atoms with Crippen LogP contribution in [-0.4, -0.2) is 44.6 Å². The molecular weight excluding hydrogens is 380 g/mol. The Morgan fingerprint density at radius 1 is 1.04 bits per heavy atom. The van der Waals surface area contributed by atoms with Gasteiger partial charge in [-0.15, -0.1) is 0 Å². The standard InChI is InChI=1S/C19H22N4O4S/c1-24-12-7-6-8-13(25-2)17(12)28-22-18-16-14(26-3)11-15(20-19(16)27-21-18)23-9-4-5-10-23/h6-8,11H,4-5,9-10H2,1-3H3,(H,21,22). The fraction of sp³-hybridized carbons (Fsp3) is 0.368. The Labute approximate surface area is 167 Å². The number of nitrogens with one attached hydrogen (secondary N) is 1. The van der Waals surface area contributed by atoms with Gasteiger partial charge in [0, 0.05) is 19.2 Å². The Hall–Kier alpha value is -2.81. The molecule has 3 heterocycles. The van der Waals surface area contributed by atoms with Gasteiger partial charge in [-0.05, 0) is 36.9 Å². The van der Waals surface area contributed by atoms with Crippen LogP contribution < -0.4 is 23.8 Å². The summed E-state index contributed by atoms with van der Waals surface area (Å²) in [6.45, 7) is 1.98. The molecule has 28 heavy (non-hydrogen) atoms. The van der Waals surface area contributed by atoms with E-state index in [0.29, 0.717) is 34.2 Å². The second-order valence-electron chi connectivity index (χ2n) is 6.28. The number of rotatable bonds is 7. The summed E-state index contributed by atoms with van der Waals surface area (Å²) in [4.78, 5) is 7.66. The van der Waals surface area contributed by atoms with Crippen molar-refractivity contribution < 1.29 is 18.7 Å². The summed E-state index contributed by atoms with van der Waals surface area (Å²) < 4.78 is 25.2. The molecule has 0 unspecified atom stereocenters. The van der Waals surface area contributed by atoms with Crippen molar-refractivity contribution in [2.75, 3.05) is 44.0 Å². The second-order valence-corrected chi connectivity index (χ2v) is 7.10. The van der Waals surface area contributed by atoms with Gasteiger partial charge in [0.15, 0.2) is 5.82 Å². The lowest BCUT2D eigenvalue weighted by molar-refractivity contribution is 0.376. The van der Waals surface area contributed by atoms with E-state index in [1.807, 2.05) is 24.3 Å². The van der Waals surface area contributed by atoms with Crippen LogP contribution in [0.3, 0.4) is 0 Å². The van der Waals surface area contributed by atoms with E-state index in [1.54, 1.807) is 21.3 Å². The maximum atomic E-state index is 5.60. The maximum Gasteiger partial charge on any atom is 0.265 e. The normalized spacial score (nSPS) is 13.8. The van der Waals surface area contributed by atoms with E-state index >= 15 is 0 Å². The molecule has 1 fully saturated rings. The number of benzene rings is 1. The van der Waals surface area contributed by atoms with Crippen LogP contribution in [0.2, 0.25) is 0 Å². The number of fused-ring (bicyclic) bond motifs is 1. The molecule has 0 radical (unpaired) electrons. The Morgan fingerprint density at radius 2 is 1.71 bits per heavy atom. The van der Waals surface area contributed by atoms with Gasteiger partial charge in [-0.25, -0.2) is 0 Å². The lowest BCUT2D eigenvalue weighted by Crippen LogP contribution is -2.18. The van der Waals surface area contributed by atoms with Crippen molar-refractivity contribution in [3.8, 4) is 17.2 Å². The van der Waals surface area contributed by atoms with Crippen LogP contribution in [0.4, 0.5) is 11.6 Å². The minimum Gasteiger partial charge on any atom is -0.496 e. The van der Waals surface area contributed by atoms with E-state index in [9.17, 15) is 0 Å². The van der Waals surface area contributed by atoms with E-state index < -0.39 is 0 Å². The van der Waals surface area contributed by atoms with Crippen LogP contribution in [0.25, 0.3) is 11.1 Å². The first-order chi connectivity index (χ1) is 13.7. The number of aromatic nitrogens is 2. The fourth-order valence-electron chi connectivity index (χ4n) is 3.26. The van der Waals surface area contributed by atoms with E-state index in [4.69, 9.17) is 18.7 Å². The van der Waals surface area contributed by atoms with Crippen LogP contribution in [0, 0.1) is 0 Å². The highest BCUT2D eigenvalue weighted by atomic mass is 32.2. The Balaban J connectivity index is 1.65. The molecule has 4 rings (SSSR count). The predicted octanol–water partition coefficient (Wildman–Crippen LogP) is 3.97. The van der Waals surface area contributed by atoms with Crippen molar-refractivity contribution >= 4 is 34.7 Å². The second kappa shape index (κ2) is 8.05. The van der Waals surface area contributed by atoms with Gasteiger partial charge in [-0.1, -0.05) is 11.2 Å². The highest BCUT2D eigenvalue weighted by Gasteiger charge is 2.22. The molecule has 1 saturated heterocycles. The summed E-state index contributed by atoms with van der Waals surface area (Å²) in [5, 5.41) is 4.85. The molecule has 3 aromatic rings. The number of hydrogen-bond acceptors (Lipinski definition) is 9. The molecule has 2 aromatic heterocycles. The van der Waals surface area contributed by atoms with Crippen LogP contribution in [-0.2, 0) is 0 Å². The number of methoxy groups -OCH3 is 3. The van der Waals surface area contributed by atoms with Gasteiger partial charge in [0.2, 0.25) is 0 Å². The largest absolute Gasteiger partial charge is 0.496 e. The molecule has 1 aliphatic heterocycles. The van der Waals surface area contributed by atoms with Gasteiger partial charge in [0.25, 0.3) is 5.71 Å². The maximum absolute atomic E-state index is 5.60. The summed E-state index contributed by atoms with van der Waals surface area (Å²) in [5.74, 6) is 3.45. The number of anilines is 2. The first-order valence-electron chi connectivity index (χ1n) is 8.98. The SMILES string of the molecule is COc1cccc(OC)c1SNc1noc2nc(N3CCCC3)cc(OC)c12. The van der Waals surface area contributed by atoms with Crippen molar-refractivity contribution in [1.29, 1.82) is 0 Å². The van der Waals surface area contributed by atoms with Crippen molar-refractivity contribution in [3.05, 3.63) is 24.3 Å². The third kappa shape index (κ3) is 3.37. The number of nitrogens with zero attached hydrogens (tertiary/aromatic N) is 3. The van der Waals surface area contributed by atoms with Crippen LogP contribution in [0.15, 0.2) is 33.7 Å². The third-order valence-corrected chi connectivity index (χ3v) is 5.58. The minimum atomic E-state index is 0.441. The zero-order chi connectivity index (χ0) is 19.5. The Kier molecular flexibility index (Phi) is 5.34. The van der Waals surface area contributed by atoms with E-state index in [2.05, 4.69) is 19.8 Å². The average molecular weight is 402 g/mol. The molecule has 0 atom stereocenters. The van der Waals surface area contributed by atoms with E-state index in [0.717, 1.165) is 23.8 Å². The quantitative estimate of drug-likeness (QED) is 0.590. The van der Waals surface area contributed by atoms with Crippen molar-refractivity contribution in [3.63, 3.8) is 0 Å². The molecular formula is C19H22N4O4S. The van der Waals surface area contributed by atoms with Gasteiger partial charge in [-0.2, -0.15) is 4.98 Å². The zero-order valence-corrected chi connectivity index (χ0v) is 16.8. The van der Waals surface area contributed by atoms with Crippen LogP contribution >= 0.6 is 11.9 Å². The monoisotopic (exact) mass is 402 g/mol. The summed E-state index contributed by atoms with van der Waals surface area (Å²) in [6, 6.07) is 7.56. The molecule has 1 N–H and O–H groups in total. The van der Waals surface area contributed by atoms with Crippen LogP contribution in [0.1, 0.15) is 12.8 Å². The van der Waals surface area contributed by atoms with E-state index in [-0.39, 0.29) is 0 Å². The van der Waals surface area contributed by atoms with Crippen molar-refractivity contribution in [1.82, 2.24) is 10.1 Å². The van der Waals surface area contributed by atoms with Crippen molar-refractivity contribution in [2.45, 2.75) is 17.7 Å². The summed E-state index contributed by atoms with van der Waals surface area (Å²) in [7, 11) is 4.88. The molecule has 148 valence electrons. The van der Waals surface area contributed by atoms with Gasteiger partial charge in [0.05, 0.1) is 21.3 Å². The van der Waals surface area contributed by atoms with Crippen molar-refractivity contribution in [2.24, 2.45) is 0 Å². The minimum absolute atomic E-state index is 0.441. The van der Waals surface area contributed by atoms with Crippen LogP contribution in [0.5, 0.6) is 17.2 Å². The fourth-order valence-corrected chi connectivity index (χ4v) is 4.10. The first-order valence-corrected chi connectivity index (χ1v) is 9.80. The number of ether oxygens (including phenoxy) is 3. The van der Waals surface area contributed by atoms with Gasteiger partial charge < -0.3 is 28.4 Å². The third-order valence-electron chi connectivity index (χ3n) is 4.68. The molecule has 0 amide bonds. The molecule has 9 heteroatoms. The smallest absolute Gasteiger partial charge is 0.265 e. The molecule has 0 saturated carbocycles. The highest BCUT2D eigenvalue weighted by Crippen LogP contribution is 2.40. The zero-order valence-electron chi connectivity index (χ0n) is 16.0. The molecule has 1 aliphatic rings. The lowest BCUT2D eigenvalue weighted by atomic mass is 10.3. The Morgan fingerprint density at radius 3 is 2.36 bits per heavy atom. The van der Waals surface area contributed by atoms with Gasteiger partial charge in [-0.3, -0.25) is 0 Å². The molecule has 1 aromatic carbocycles. The number of pyridine rings is 1. The molecule has 0 bridgehead atoms. The average Bonchev–Trinajstić information content (AvgIpc) is 3.41. The summed E-state index contributed by atoms with van der Waals surface area (Å²) >= 11 is 1.33. The topological polar surface area (TPSA) is 81.9 Å². The Bertz CT molecular complexity index is 950. The molecule has 0 spiro atoms. The van der Waals surface area contributed by atoms with E-state index in [1.165, 1.54) is 24.8 Å². The van der Waals surface area contributed by atoms with Gasteiger partial charge >= 0.3 is 0 Å².